The molecule has 3 aromatic heterocycles. The zero-order valence-electron chi connectivity index (χ0n) is 25.1. The Labute approximate surface area is 255 Å². The molecule has 0 aliphatic carbocycles. The number of fused-ring (bicyclic) bond motifs is 1. The molecule has 0 fully saturated rings. The van der Waals surface area contributed by atoms with E-state index in [2.05, 4.69) is 15.5 Å². The second-order valence-electron chi connectivity index (χ2n) is 10.8. The smallest absolute Gasteiger partial charge is 0.333 e. The van der Waals surface area contributed by atoms with Gasteiger partial charge in [-0.15, -0.1) is 4.80 Å². The summed E-state index contributed by atoms with van der Waals surface area (Å²) in [5, 5.41) is 20.7. The van der Waals surface area contributed by atoms with E-state index < -0.39 is 40.5 Å². The largest absolute Gasteiger partial charge is 0.496 e. The summed E-state index contributed by atoms with van der Waals surface area (Å²) in [6.07, 6.45) is 1.61. The van der Waals surface area contributed by atoms with Crippen LogP contribution in [0.1, 0.15) is 51.3 Å². The lowest BCUT2D eigenvalue weighted by Crippen LogP contribution is -2.56. The number of carbonyl (C=O) groups is 2. The van der Waals surface area contributed by atoms with Crippen LogP contribution in [0.5, 0.6) is 5.75 Å². The number of aromatic nitrogens is 5. The van der Waals surface area contributed by atoms with E-state index in [1.165, 1.54) is 66.4 Å². The van der Waals surface area contributed by atoms with Crippen LogP contribution in [-0.4, -0.2) is 60.9 Å². The van der Waals surface area contributed by atoms with Crippen molar-refractivity contribution in [3.8, 4) is 10.8 Å². The molecular weight excluding hydrogens is 597 g/mol. The van der Waals surface area contributed by atoms with Gasteiger partial charge in [0.05, 0.1) is 44.5 Å². The number of hydroxylamine groups is 1. The Balaban J connectivity index is 2.00. The number of ether oxygens (including phenoxy) is 2. The first-order chi connectivity index (χ1) is 20.8. The van der Waals surface area contributed by atoms with E-state index in [4.69, 9.17) is 14.7 Å². The van der Waals surface area contributed by atoms with E-state index in [0.717, 1.165) is 15.9 Å². The van der Waals surface area contributed by atoms with E-state index in [-0.39, 0.29) is 47.1 Å². The molecule has 0 radical (unpaired) electrons. The summed E-state index contributed by atoms with van der Waals surface area (Å²) in [6.45, 7) is 7.66. The number of methoxy groups -OCH3 is 1. The van der Waals surface area contributed by atoms with Crippen LogP contribution >= 0.6 is 11.3 Å². The first-order valence-corrected chi connectivity index (χ1v) is 14.5. The Hall–Kier alpha value is -4.41. The average Bonchev–Trinajstić information content (AvgIpc) is 3.61. The van der Waals surface area contributed by atoms with Crippen LogP contribution in [0.3, 0.4) is 0 Å². The molecule has 16 heteroatoms. The molecule has 0 unspecified atom stereocenters. The van der Waals surface area contributed by atoms with E-state index in [9.17, 15) is 23.6 Å². The fourth-order valence-electron chi connectivity index (χ4n) is 4.75. The average molecular weight is 632 g/mol. The predicted molar refractivity (Wildman–Crippen MR) is 159 cm³/mol. The third-order valence-corrected chi connectivity index (χ3v) is 8.26. The number of nitrogens with zero attached hydrogens (tertiary/aromatic N) is 5. The number of thiophene rings is 1. The summed E-state index contributed by atoms with van der Waals surface area (Å²) < 4.78 is 28.1. The lowest BCUT2D eigenvalue weighted by atomic mass is 10.0. The van der Waals surface area contributed by atoms with Crippen molar-refractivity contribution < 1.29 is 28.7 Å². The topological polar surface area (TPSA) is 172 Å². The maximum atomic E-state index is 14.5. The van der Waals surface area contributed by atoms with Crippen LogP contribution in [0.4, 0.5) is 4.39 Å². The minimum atomic E-state index is -1.63. The molecule has 3 N–H and O–H groups in total. The molecule has 0 aliphatic heterocycles. The highest BCUT2D eigenvalue weighted by atomic mass is 32.1. The number of carbonyl (C=O) groups excluding carboxylic acids is 2. The molecule has 0 bridgehead atoms. The molecule has 0 spiro atoms. The van der Waals surface area contributed by atoms with Crippen molar-refractivity contribution in [2.45, 2.75) is 65.3 Å². The van der Waals surface area contributed by atoms with Gasteiger partial charge in [0, 0.05) is 17.2 Å². The van der Waals surface area contributed by atoms with Gasteiger partial charge in [-0.2, -0.15) is 10.2 Å². The molecule has 14 nitrogen and oxygen atoms in total. The summed E-state index contributed by atoms with van der Waals surface area (Å²) >= 11 is 1.09. The molecule has 1 atom stereocenters. The molecule has 44 heavy (non-hydrogen) atoms. The molecule has 0 saturated heterocycles. The molecule has 4 rings (SSSR count). The zero-order chi connectivity index (χ0) is 32.3. The number of rotatable bonds is 12. The highest BCUT2D eigenvalue weighted by Crippen LogP contribution is 2.34. The highest BCUT2D eigenvalue weighted by molar-refractivity contribution is 7.21. The third kappa shape index (κ3) is 6.27. The second-order valence-corrected chi connectivity index (χ2v) is 11.8. The summed E-state index contributed by atoms with van der Waals surface area (Å²) in [5.41, 5.74) is -0.890. The van der Waals surface area contributed by atoms with Crippen molar-refractivity contribution >= 4 is 33.4 Å². The van der Waals surface area contributed by atoms with Crippen molar-refractivity contribution in [3.05, 3.63) is 68.4 Å². The minimum absolute atomic E-state index is 0.164. The molecule has 4 aromatic rings. The lowest BCUT2D eigenvalue weighted by Gasteiger charge is -2.28. The van der Waals surface area contributed by atoms with Gasteiger partial charge in [0.25, 0.3) is 5.56 Å². The van der Waals surface area contributed by atoms with E-state index in [0.29, 0.717) is 10.6 Å². The van der Waals surface area contributed by atoms with Gasteiger partial charge >= 0.3 is 5.69 Å². The van der Waals surface area contributed by atoms with E-state index in [1.807, 2.05) is 0 Å². The fourth-order valence-corrected chi connectivity index (χ4v) is 5.97. The maximum absolute atomic E-state index is 14.5. The van der Waals surface area contributed by atoms with Gasteiger partial charge in [-0.05, 0) is 52.8 Å². The number of amides is 2. The van der Waals surface area contributed by atoms with Crippen LogP contribution < -0.4 is 26.8 Å². The van der Waals surface area contributed by atoms with E-state index in [1.54, 1.807) is 20.8 Å². The Bertz CT molecular complexity index is 1790. The first-order valence-electron chi connectivity index (χ1n) is 13.7. The molecule has 0 saturated carbocycles. The Morgan fingerprint density at radius 2 is 1.86 bits per heavy atom. The minimum Gasteiger partial charge on any atom is -0.496 e. The van der Waals surface area contributed by atoms with Gasteiger partial charge in [-0.3, -0.25) is 24.2 Å². The van der Waals surface area contributed by atoms with Crippen LogP contribution in [0.25, 0.3) is 15.2 Å². The van der Waals surface area contributed by atoms with Crippen LogP contribution in [0, 0.1) is 12.7 Å². The summed E-state index contributed by atoms with van der Waals surface area (Å²) in [7, 11) is 1.39. The van der Waals surface area contributed by atoms with Crippen LogP contribution in [-0.2, 0) is 26.4 Å². The number of halogens is 1. The summed E-state index contributed by atoms with van der Waals surface area (Å²) in [6, 6.07) is 3.52. The monoisotopic (exact) mass is 631 g/mol. The van der Waals surface area contributed by atoms with Crippen LogP contribution in [0.2, 0.25) is 0 Å². The highest BCUT2D eigenvalue weighted by Gasteiger charge is 2.36. The standard InChI is InChI=1S/C28H34FN7O7S/c1-15(2)32-26(39)28(4,5)35-23(38)22-16(3)24(36-30-10-11-31-36)44-25(22)34(27(35)40)14-20(43-12-9-21(37)33-41)18-13-17(29)7-8-19(18)42-6/h7-8,10-11,13,15,20,41H,9,12,14H2,1-6H3,(H,32,39)(H,33,37)/t20-/m0/s1. The van der Waals surface area contributed by atoms with Gasteiger partial charge in [-0.1, -0.05) is 11.3 Å². The van der Waals surface area contributed by atoms with Crippen molar-refractivity contribution in [3.63, 3.8) is 0 Å². The van der Waals surface area contributed by atoms with Gasteiger partial charge < -0.3 is 14.8 Å². The zero-order valence-corrected chi connectivity index (χ0v) is 25.9. The Kier molecular flexibility index (Phi) is 9.66. The molecule has 1 aromatic carbocycles. The van der Waals surface area contributed by atoms with Gasteiger partial charge in [0.15, 0.2) is 0 Å². The first kappa shape index (κ1) is 32.5. The van der Waals surface area contributed by atoms with Crippen molar-refractivity contribution in [1.82, 2.24) is 34.9 Å². The van der Waals surface area contributed by atoms with E-state index >= 15 is 0 Å². The fraction of sp³-hybridized carbons (Fsp3) is 0.429. The maximum Gasteiger partial charge on any atom is 0.333 e. The lowest BCUT2D eigenvalue weighted by molar-refractivity contribution is -0.131. The molecule has 3 heterocycles. The number of aryl methyl sites for hydroxylation is 1. The Morgan fingerprint density at radius 3 is 2.48 bits per heavy atom. The Morgan fingerprint density at radius 1 is 1.18 bits per heavy atom. The van der Waals surface area contributed by atoms with Gasteiger partial charge in [0.1, 0.15) is 33.0 Å². The molecule has 2 amide bonds. The summed E-state index contributed by atoms with van der Waals surface area (Å²) in [5.74, 6) is -1.61. The SMILES string of the molecule is COc1ccc(F)cc1[C@H](Cn1c(=O)n(C(C)(C)C(=O)NC(C)C)c(=O)c2c(C)c(-n3nccn3)sc21)OCCC(=O)NO. The van der Waals surface area contributed by atoms with Crippen molar-refractivity contribution in [2.24, 2.45) is 0 Å². The number of hydrogen-bond acceptors (Lipinski definition) is 10. The number of benzene rings is 1. The number of nitrogens with one attached hydrogen (secondary N) is 2. The van der Waals surface area contributed by atoms with Crippen LogP contribution in [0.15, 0.2) is 40.2 Å². The van der Waals surface area contributed by atoms with Gasteiger partial charge in [0.2, 0.25) is 11.8 Å². The van der Waals surface area contributed by atoms with Crippen molar-refractivity contribution in [1.29, 1.82) is 0 Å². The molecule has 0 aliphatic rings. The normalized spacial score (nSPS) is 12.5. The quantitative estimate of drug-likeness (QED) is 0.157. The third-order valence-electron chi connectivity index (χ3n) is 6.98. The predicted octanol–water partition coefficient (Wildman–Crippen LogP) is 2.17. The van der Waals surface area contributed by atoms with Gasteiger partial charge in [-0.25, -0.2) is 19.2 Å². The second kappa shape index (κ2) is 13.1. The molecule has 236 valence electrons. The molecular formula is C28H34FN7O7S. The summed E-state index contributed by atoms with van der Waals surface area (Å²) in [4.78, 5) is 55.0. The number of hydrogen-bond donors (Lipinski definition) is 3. The van der Waals surface area contributed by atoms with Crippen molar-refractivity contribution in [2.75, 3.05) is 13.7 Å².